The summed E-state index contributed by atoms with van der Waals surface area (Å²) in [5.74, 6) is 0.900. The first kappa shape index (κ1) is 41.7. The number of nitrogens with zero attached hydrogens (tertiary/aromatic N) is 4. The molecule has 3 heterocycles. The van der Waals surface area contributed by atoms with Crippen LogP contribution in [0, 0.1) is 13.8 Å². The van der Waals surface area contributed by atoms with Crippen LogP contribution in [-0.4, -0.2) is 87.0 Å². The Morgan fingerprint density at radius 3 is 2.21 bits per heavy atom. The molecular formula is C42H51Cl3N4O7. The van der Waals surface area contributed by atoms with Crippen LogP contribution in [0.1, 0.15) is 95.4 Å². The number of fused-ring (bicyclic) bond motifs is 2. The number of amides is 3. The second-order valence-electron chi connectivity index (χ2n) is 16.9. The molecule has 302 valence electrons. The Morgan fingerprint density at radius 2 is 1.57 bits per heavy atom. The SMILES string of the molecule is Cc1cc(OCCCc2cc(C3=C(C(=O)N(Cc4cccc(Cl)c4Cl)C4CC4)[C@H]4CN(C(=O)OC(C)(C)C)CC(C3)N4C(=O)OC(C)(C)C)on2)cc(C)c1Cl. The second kappa shape index (κ2) is 16.5. The third-order valence-corrected chi connectivity index (χ3v) is 11.3. The fourth-order valence-corrected chi connectivity index (χ4v) is 7.73. The third kappa shape index (κ3) is 9.77. The van der Waals surface area contributed by atoms with Crippen LogP contribution in [0.5, 0.6) is 5.75 Å². The molecule has 2 atom stereocenters. The van der Waals surface area contributed by atoms with Crippen molar-refractivity contribution in [3.63, 3.8) is 0 Å². The first-order chi connectivity index (χ1) is 26.3. The standard InChI is InChI=1S/C42H51Cl3N4O7/c1-24-17-30(18-25(2)36(24)44)53-16-10-12-27-19-34(56-46-27)31-20-29-22-47(39(51)54-41(3,4)5)23-33(49(29)40(52)55-42(6,7)8)35(31)38(50)48(28-14-15-28)21-26-11-9-13-32(43)37(26)45/h9,11,13,17-19,28-29,33H,10,12,14-16,20-23H2,1-8H3/t29?,33-/m1/s1. The van der Waals surface area contributed by atoms with E-state index in [4.69, 9.17) is 53.5 Å². The van der Waals surface area contributed by atoms with Crippen LogP contribution < -0.4 is 4.74 Å². The zero-order valence-electron chi connectivity index (χ0n) is 33.3. The van der Waals surface area contributed by atoms with Crippen LogP contribution in [0.3, 0.4) is 0 Å². The molecular weight excluding hydrogens is 779 g/mol. The molecule has 1 aliphatic carbocycles. The maximum absolute atomic E-state index is 15.2. The van der Waals surface area contributed by atoms with Gasteiger partial charge in [0, 0.05) is 47.9 Å². The van der Waals surface area contributed by atoms with Gasteiger partial charge in [-0.1, -0.05) is 52.1 Å². The number of hydrogen-bond donors (Lipinski definition) is 0. The molecule has 3 aromatic rings. The Kier molecular flexibility index (Phi) is 12.3. The van der Waals surface area contributed by atoms with Crippen molar-refractivity contribution in [2.75, 3.05) is 19.7 Å². The zero-order chi connectivity index (χ0) is 40.7. The molecule has 11 nitrogen and oxygen atoms in total. The predicted molar refractivity (Wildman–Crippen MR) is 216 cm³/mol. The molecule has 6 rings (SSSR count). The van der Waals surface area contributed by atoms with E-state index in [1.807, 2.05) is 38.1 Å². The Labute approximate surface area is 344 Å². The minimum absolute atomic E-state index is 0.00758. The molecule has 1 unspecified atom stereocenters. The molecule has 1 saturated heterocycles. The molecule has 56 heavy (non-hydrogen) atoms. The van der Waals surface area contributed by atoms with Crippen molar-refractivity contribution in [3.8, 4) is 5.75 Å². The molecule has 3 amide bonds. The van der Waals surface area contributed by atoms with Crippen molar-refractivity contribution in [2.45, 2.75) is 123 Å². The lowest BCUT2D eigenvalue weighted by molar-refractivity contribution is -0.129. The number of aryl methyl sites for hydroxylation is 3. The average Bonchev–Trinajstić information content (AvgIpc) is 3.83. The maximum atomic E-state index is 15.2. The average molecular weight is 830 g/mol. The van der Waals surface area contributed by atoms with Gasteiger partial charge in [0.25, 0.3) is 5.91 Å². The second-order valence-corrected chi connectivity index (χ2v) is 18.1. The number of carbonyl (C=O) groups is 3. The van der Waals surface area contributed by atoms with E-state index in [0.29, 0.717) is 57.7 Å². The lowest BCUT2D eigenvalue weighted by Crippen LogP contribution is -2.66. The molecule has 2 fully saturated rings. The molecule has 0 radical (unpaired) electrons. The number of rotatable bonds is 10. The van der Waals surface area contributed by atoms with Gasteiger partial charge in [-0.25, -0.2) is 9.59 Å². The minimum atomic E-state index is -0.878. The van der Waals surface area contributed by atoms with Gasteiger partial charge >= 0.3 is 12.2 Å². The van der Waals surface area contributed by atoms with Crippen LogP contribution in [0.15, 0.2) is 46.5 Å². The van der Waals surface area contributed by atoms with Gasteiger partial charge in [-0.2, -0.15) is 0 Å². The van der Waals surface area contributed by atoms with Crippen molar-refractivity contribution in [1.82, 2.24) is 19.9 Å². The first-order valence-electron chi connectivity index (χ1n) is 19.1. The topological polar surface area (TPSA) is 115 Å². The van der Waals surface area contributed by atoms with E-state index in [1.54, 1.807) is 68.4 Å². The van der Waals surface area contributed by atoms with Gasteiger partial charge in [0.2, 0.25) is 0 Å². The van der Waals surface area contributed by atoms with E-state index in [0.717, 1.165) is 34.7 Å². The lowest BCUT2D eigenvalue weighted by Gasteiger charge is -2.50. The minimum Gasteiger partial charge on any atom is -0.494 e. The molecule has 0 spiro atoms. The molecule has 2 aliphatic heterocycles. The summed E-state index contributed by atoms with van der Waals surface area (Å²) in [5, 5.41) is 5.90. The van der Waals surface area contributed by atoms with Crippen LogP contribution in [-0.2, 0) is 27.2 Å². The van der Waals surface area contributed by atoms with Crippen molar-refractivity contribution in [3.05, 3.63) is 85.2 Å². The summed E-state index contributed by atoms with van der Waals surface area (Å²) < 4.78 is 23.8. The lowest BCUT2D eigenvalue weighted by atomic mass is 9.83. The van der Waals surface area contributed by atoms with E-state index in [1.165, 1.54) is 0 Å². The monoisotopic (exact) mass is 828 g/mol. The van der Waals surface area contributed by atoms with Gasteiger partial charge < -0.3 is 28.5 Å². The zero-order valence-corrected chi connectivity index (χ0v) is 35.6. The van der Waals surface area contributed by atoms with Gasteiger partial charge in [0.15, 0.2) is 5.76 Å². The summed E-state index contributed by atoms with van der Waals surface area (Å²) in [6, 6.07) is 9.58. The Hall–Kier alpha value is -3.93. The Bertz CT molecular complexity index is 1990. The number of piperazine rings is 1. The quantitative estimate of drug-likeness (QED) is 0.186. The van der Waals surface area contributed by atoms with Crippen LogP contribution in [0.25, 0.3) is 5.57 Å². The van der Waals surface area contributed by atoms with Crippen LogP contribution in [0.2, 0.25) is 15.1 Å². The Morgan fingerprint density at radius 1 is 0.911 bits per heavy atom. The molecule has 2 aromatic carbocycles. The van der Waals surface area contributed by atoms with Gasteiger partial charge in [0.1, 0.15) is 17.0 Å². The summed E-state index contributed by atoms with van der Waals surface area (Å²) in [4.78, 5) is 47.9. The largest absolute Gasteiger partial charge is 0.494 e. The van der Waals surface area contributed by atoms with Crippen molar-refractivity contribution in [1.29, 1.82) is 0 Å². The summed E-state index contributed by atoms with van der Waals surface area (Å²) >= 11 is 19.4. The highest BCUT2D eigenvalue weighted by Crippen LogP contribution is 2.43. The molecule has 2 bridgehead atoms. The van der Waals surface area contributed by atoms with Crippen LogP contribution >= 0.6 is 34.8 Å². The van der Waals surface area contributed by atoms with E-state index < -0.39 is 35.5 Å². The molecule has 14 heteroatoms. The van der Waals surface area contributed by atoms with Crippen molar-refractivity contribution < 1.29 is 33.1 Å². The first-order valence-corrected chi connectivity index (χ1v) is 20.2. The number of carbonyl (C=O) groups excluding carboxylic acids is 3. The van der Waals surface area contributed by atoms with Crippen molar-refractivity contribution >= 4 is 58.5 Å². The van der Waals surface area contributed by atoms with Gasteiger partial charge in [0.05, 0.1) is 34.4 Å². The fourth-order valence-electron chi connectivity index (χ4n) is 7.25. The maximum Gasteiger partial charge on any atom is 0.411 e. The molecule has 3 aliphatic rings. The van der Waals surface area contributed by atoms with E-state index in [-0.39, 0.29) is 38.0 Å². The summed E-state index contributed by atoms with van der Waals surface area (Å²) in [6.45, 7) is 15.5. The number of aromatic nitrogens is 1. The highest BCUT2D eigenvalue weighted by molar-refractivity contribution is 6.42. The number of halogens is 3. The number of hydrogen-bond acceptors (Lipinski definition) is 8. The van der Waals surface area contributed by atoms with Gasteiger partial charge in [-0.05, 0) is 122 Å². The normalized spacial score (nSPS) is 18.6. The molecule has 1 aromatic heterocycles. The van der Waals surface area contributed by atoms with Gasteiger partial charge in [-0.15, -0.1) is 0 Å². The van der Waals surface area contributed by atoms with Gasteiger partial charge in [-0.3, -0.25) is 9.69 Å². The molecule has 1 saturated carbocycles. The predicted octanol–water partition coefficient (Wildman–Crippen LogP) is 9.84. The van der Waals surface area contributed by atoms with E-state index in [2.05, 4.69) is 5.16 Å². The highest BCUT2D eigenvalue weighted by Gasteiger charge is 2.51. The fraction of sp³-hybridized carbons (Fsp3) is 0.524. The summed E-state index contributed by atoms with van der Waals surface area (Å²) in [5.41, 5.74) is 2.73. The summed E-state index contributed by atoms with van der Waals surface area (Å²) in [7, 11) is 0. The van der Waals surface area contributed by atoms with Crippen molar-refractivity contribution in [2.24, 2.45) is 0 Å². The summed E-state index contributed by atoms with van der Waals surface area (Å²) in [6.07, 6.45) is 1.96. The van der Waals surface area contributed by atoms with E-state index in [9.17, 15) is 9.59 Å². The molecule has 0 N–H and O–H groups in total. The smallest absolute Gasteiger partial charge is 0.411 e. The van der Waals surface area contributed by atoms with Crippen LogP contribution in [0.4, 0.5) is 9.59 Å². The highest BCUT2D eigenvalue weighted by atomic mass is 35.5. The number of benzene rings is 2. The third-order valence-electron chi connectivity index (χ3n) is 9.87. The Balaban J connectivity index is 1.36. The number of ether oxygens (including phenoxy) is 3. The van der Waals surface area contributed by atoms with E-state index >= 15 is 4.79 Å².